The molecule has 0 aliphatic heterocycles. The lowest BCUT2D eigenvalue weighted by Crippen LogP contribution is -2.52. The molecule has 0 saturated heterocycles. The van der Waals surface area contributed by atoms with Crippen LogP contribution in [0.3, 0.4) is 0 Å². The molecule has 0 bridgehead atoms. The molecule has 3 aromatic carbocycles. The van der Waals surface area contributed by atoms with Gasteiger partial charge >= 0.3 is 0 Å². The van der Waals surface area contributed by atoms with Gasteiger partial charge < -0.3 is 19.7 Å². The summed E-state index contributed by atoms with van der Waals surface area (Å²) in [6.07, 6.45) is 0.379. The van der Waals surface area contributed by atoms with E-state index in [2.05, 4.69) is 42.0 Å². The first-order valence-electron chi connectivity index (χ1n) is 13.6. The number of carbonyl (C=O) groups excluding carboxylic acids is 2. The molecule has 6 nitrogen and oxygen atoms in total. The molecule has 0 heterocycles. The molecule has 1 N–H and O–H groups in total. The first kappa shape index (κ1) is 31.2. The number of benzene rings is 3. The molecule has 0 fully saturated rings. The Morgan fingerprint density at radius 3 is 2.27 bits per heavy atom. The number of carbonyl (C=O) groups is 2. The number of methoxy groups -OCH3 is 1. The minimum absolute atomic E-state index is 0.0155. The van der Waals surface area contributed by atoms with E-state index in [4.69, 9.17) is 9.47 Å². The van der Waals surface area contributed by atoms with Gasteiger partial charge in [-0.1, -0.05) is 83.1 Å². The zero-order chi connectivity index (χ0) is 29.3. The van der Waals surface area contributed by atoms with Gasteiger partial charge in [0.25, 0.3) is 5.91 Å². The Morgan fingerprint density at radius 1 is 0.950 bits per heavy atom. The molecule has 3 aromatic rings. The van der Waals surface area contributed by atoms with E-state index in [-0.39, 0.29) is 36.3 Å². The highest BCUT2D eigenvalue weighted by molar-refractivity contribution is 9.10. The third-order valence-corrected chi connectivity index (χ3v) is 7.21. The lowest BCUT2D eigenvalue weighted by Gasteiger charge is -2.32. The summed E-state index contributed by atoms with van der Waals surface area (Å²) in [7, 11) is 1.61. The summed E-state index contributed by atoms with van der Waals surface area (Å²) in [5, 5.41) is 3.04. The van der Waals surface area contributed by atoms with Gasteiger partial charge in [-0.3, -0.25) is 9.59 Å². The number of nitrogens with zero attached hydrogens (tertiary/aromatic N) is 1. The first-order valence-corrected chi connectivity index (χ1v) is 14.4. The summed E-state index contributed by atoms with van der Waals surface area (Å²) in [5.74, 6) is 1.07. The second-order valence-electron chi connectivity index (χ2n) is 11.4. The second kappa shape index (κ2) is 14.4. The van der Waals surface area contributed by atoms with Crippen molar-refractivity contribution >= 4 is 27.7 Å². The van der Waals surface area contributed by atoms with Crippen LogP contribution in [-0.4, -0.2) is 43.0 Å². The summed E-state index contributed by atoms with van der Waals surface area (Å²) < 4.78 is 12.2. The van der Waals surface area contributed by atoms with Crippen LogP contribution in [0.4, 0.5) is 0 Å². The fourth-order valence-electron chi connectivity index (χ4n) is 4.25. The number of nitrogens with one attached hydrogen (secondary N) is 1. The van der Waals surface area contributed by atoms with Crippen LogP contribution in [0.15, 0.2) is 77.3 Å². The fourth-order valence-corrected chi connectivity index (χ4v) is 4.74. The highest BCUT2D eigenvalue weighted by Crippen LogP contribution is 2.31. The molecule has 0 unspecified atom stereocenters. The third kappa shape index (κ3) is 9.12. The van der Waals surface area contributed by atoms with Crippen molar-refractivity contribution in [3.63, 3.8) is 0 Å². The maximum Gasteiger partial charge on any atom is 0.261 e. The number of amides is 2. The summed E-state index contributed by atoms with van der Waals surface area (Å²) >= 11 is 3.60. The topological polar surface area (TPSA) is 67.9 Å². The Labute approximate surface area is 247 Å². The van der Waals surface area contributed by atoms with E-state index in [0.717, 1.165) is 21.2 Å². The zero-order valence-corrected chi connectivity index (χ0v) is 26.0. The third-order valence-electron chi connectivity index (χ3n) is 6.59. The van der Waals surface area contributed by atoms with Crippen LogP contribution in [0.1, 0.15) is 51.3 Å². The average molecular weight is 610 g/mol. The van der Waals surface area contributed by atoms with Gasteiger partial charge in [0.05, 0.1) is 11.6 Å². The maximum atomic E-state index is 13.9. The van der Waals surface area contributed by atoms with Crippen LogP contribution in [0.25, 0.3) is 0 Å². The predicted octanol–water partition coefficient (Wildman–Crippen LogP) is 6.55. The fraction of sp³-hybridized carbons (Fsp3) is 0.394. The minimum Gasteiger partial charge on any atom is -0.497 e. The van der Waals surface area contributed by atoms with E-state index in [0.29, 0.717) is 24.5 Å². The SMILES string of the molecule is COc1cccc(CN(C(=O)COc2ccc(C(C)(C)C)cc2Br)[C@H](Cc2ccccc2)C(=O)NCC(C)C)c1. The highest BCUT2D eigenvalue weighted by atomic mass is 79.9. The molecular formula is C33H41BrN2O4. The molecule has 0 aliphatic carbocycles. The normalized spacial score (nSPS) is 12.1. The zero-order valence-electron chi connectivity index (χ0n) is 24.4. The Morgan fingerprint density at radius 2 is 1.65 bits per heavy atom. The monoisotopic (exact) mass is 608 g/mol. The summed E-state index contributed by atoms with van der Waals surface area (Å²) in [6, 6.07) is 22.5. The van der Waals surface area contributed by atoms with E-state index >= 15 is 0 Å². The van der Waals surface area contributed by atoms with Crippen molar-refractivity contribution < 1.29 is 19.1 Å². The average Bonchev–Trinajstić information content (AvgIpc) is 2.92. The van der Waals surface area contributed by atoms with Crippen LogP contribution in [0.5, 0.6) is 11.5 Å². The molecule has 0 saturated carbocycles. The van der Waals surface area contributed by atoms with Gasteiger partial charge in [-0.05, 0) is 68.2 Å². The molecule has 0 radical (unpaired) electrons. The Hall–Kier alpha value is -3.32. The summed E-state index contributed by atoms with van der Waals surface area (Å²) in [6.45, 7) is 11.1. The Kier molecular flexibility index (Phi) is 11.2. The van der Waals surface area contributed by atoms with Crippen LogP contribution >= 0.6 is 15.9 Å². The summed E-state index contributed by atoms with van der Waals surface area (Å²) in [5.41, 5.74) is 2.97. The van der Waals surface area contributed by atoms with Crippen molar-refractivity contribution in [2.75, 3.05) is 20.3 Å². The maximum absolute atomic E-state index is 13.9. The molecule has 3 rings (SSSR count). The van der Waals surface area contributed by atoms with Gasteiger partial charge in [-0.15, -0.1) is 0 Å². The van der Waals surface area contributed by atoms with Crippen molar-refractivity contribution in [2.24, 2.45) is 5.92 Å². The number of hydrogen-bond acceptors (Lipinski definition) is 4. The van der Waals surface area contributed by atoms with Gasteiger partial charge in [0.15, 0.2) is 6.61 Å². The molecule has 214 valence electrons. The smallest absolute Gasteiger partial charge is 0.261 e. The highest BCUT2D eigenvalue weighted by Gasteiger charge is 2.31. The van der Waals surface area contributed by atoms with Gasteiger partial charge in [0.2, 0.25) is 5.91 Å². The second-order valence-corrected chi connectivity index (χ2v) is 12.3. The lowest BCUT2D eigenvalue weighted by molar-refractivity contribution is -0.142. The number of halogens is 1. The minimum atomic E-state index is -0.727. The molecule has 7 heteroatoms. The van der Waals surface area contributed by atoms with E-state index < -0.39 is 6.04 Å². The van der Waals surface area contributed by atoms with Crippen LogP contribution in [0, 0.1) is 5.92 Å². The lowest BCUT2D eigenvalue weighted by atomic mass is 9.87. The summed E-state index contributed by atoms with van der Waals surface area (Å²) in [4.78, 5) is 29.1. The van der Waals surface area contributed by atoms with Crippen molar-refractivity contribution in [3.8, 4) is 11.5 Å². The quantitative estimate of drug-likeness (QED) is 0.253. The molecule has 0 spiro atoms. The van der Waals surface area contributed by atoms with Crippen molar-refractivity contribution in [3.05, 3.63) is 94.0 Å². The molecule has 0 aliphatic rings. The standard InChI is InChI=1S/C33H41BrN2O4/c1-23(2)20-35-32(38)29(18-24-11-8-7-9-12-24)36(21-25-13-10-14-27(17-25)39-6)31(37)22-40-30-16-15-26(19-28(30)34)33(3,4)5/h7-17,19,23,29H,18,20-22H2,1-6H3,(H,35,38)/t29-/m1/s1. The molecule has 40 heavy (non-hydrogen) atoms. The van der Waals surface area contributed by atoms with Crippen molar-refractivity contribution in [1.82, 2.24) is 10.2 Å². The van der Waals surface area contributed by atoms with E-state index in [9.17, 15) is 9.59 Å². The molecular weight excluding hydrogens is 568 g/mol. The van der Waals surface area contributed by atoms with Crippen LogP contribution in [0.2, 0.25) is 0 Å². The Balaban J connectivity index is 1.92. The Bertz CT molecular complexity index is 1270. The van der Waals surface area contributed by atoms with Crippen LogP contribution in [-0.2, 0) is 28.0 Å². The van der Waals surface area contributed by atoms with E-state index in [1.54, 1.807) is 12.0 Å². The van der Waals surface area contributed by atoms with E-state index in [1.807, 2.05) is 86.6 Å². The van der Waals surface area contributed by atoms with Gasteiger partial charge in [0.1, 0.15) is 17.5 Å². The number of rotatable bonds is 12. The van der Waals surface area contributed by atoms with Gasteiger partial charge in [-0.2, -0.15) is 0 Å². The predicted molar refractivity (Wildman–Crippen MR) is 164 cm³/mol. The first-order chi connectivity index (χ1) is 19.0. The van der Waals surface area contributed by atoms with E-state index in [1.165, 1.54) is 0 Å². The molecule has 2 amide bonds. The van der Waals surface area contributed by atoms with Crippen molar-refractivity contribution in [1.29, 1.82) is 0 Å². The molecule has 0 aromatic heterocycles. The van der Waals surface area contributed by atoms with Crippen LogP contribution < -0.4 is 14.8 Å². The van der Waals surface area contributed by atoms with Gasteiger partial charge in [-0.25, -0.2) is 0 Å². The largest absolute Gasteiger partial charge is 0.497 e. The van der Waals surface area contributed by atoms with Gasteiger partial charge in [0, 0.05) is 19.5 Å². The number of hydrogen-bond donors (Lipinski definition) is 1. The number of ether oxygens (including phenoxy) is 2. The molecule has 1 atom stereocenters. The van der Waals surface area contributed by atoms with Crippen molar-refractivity contribution in [2.45, 2.75) is 59.0 Å².